The second-order valence-corrected chi connectivity index (χ2v) is 7.79. The summed E-state index contributed by atoms with van der Waals surface area (Å²) in [7, 11) is 1.78. The minimum absolute atomic E-state index is 0.0708. The number of nitrogens with zero attached hydrogens (tertiary/aromatic N) is 2. The number of rotatable bonds is 7. The predicted octanol–water partition coefficient (Wildman–Crippen LogP) is 2.57. The molecule has 5 heteroatoms. The molecule has 5 unspecified atom stereocenters. The van der Waals surface area contributed by atoms with Crippen molar-refractivity contribution in [3.8, 4) is 6.07 Å². The Morgan fingerprint density at radius 1 is 1.42 bits per heavy atom. The molecule has 0 radical (unpaired) electrons. The third-order valence-corrected chi connectivity index (χ3v) is 6.13. The van der Waals surface area contributed by atoms with Gasteiger partial charge in [0.25, 0.3) is 0 Å². The minimum Gasteiger partial charge on any atom is -0.382 e. The summed E-state index contributed by atoms with van der Waals surface area (Å²) in [6.45, 7) is 7.75. The van der Waals surface area contributed by atoms with Crippen LogP contribution >= 0.6 is 0 Å². The van der Waals surface area contributed by atoms with Crippen LogP contribution < -0.4 is 5.32 Å². The van der Waals surface area contributed by atoms with Crippen LogP contribution in [-0.4, -0.2) is 49.2 Å². The average molecular weight is 335 g/mol. The molecule has 1 aliphatic carbocycles. The molecule has 0 spiro atoms. The number of ether oxygens (including phenoxy) is 1. The van der Waals surface area contributed by atoms with E-state index in [9.17, 15) is 4.79 Å². The number of hydrogen-bond donors (Lipinski definition) is 1. The van der Waals surface area contributed by atoms with Crippen LogP contribution in [0.25, 0.3) is 0 Å². The van der Waals surface area contributed by atoms with Crippen molar-refractivity contribution < 1.29 is 9.53 Å². The summed E-state index contributed by atoms with van der Waals surface area (Å²) in [5, 5.41) is 12.5. The van der Waals surface area contributed by atoms with Gasteiger partial charge in [0, 0.05) is 19.7 Å². The Kier molecular flexibility index (Phi) is 7.06. The number of nitriles is 1. The molecule has 2 aliphatic rings. The van der Waals surface area contributed by atoms with Crippen molar-refractivity contribution >= 4 is 5.91 Å². The first-order valence-corrected chi connectivity index (χ1v) is 9.41. The van der Waals surface area contributed by atoms with Crippen molar-refractivity contribution in [2.75, 3.05) is 20.2 Å². The second kappa shape index (κ2) is 8.82. The zero-order valence-corrected chi connectivity index (χ0v) is 15.6. The fourth-order valence-electron chi connectivity index (χ4n) is 4.36. The predicted molar refractivity (Wildman–Crippen MR) is 94.3 cm³/mol. The first-order valence-electron chi connectivity index (χ1n) is 9.41. The smallest absolute Gasteiger partial charge is 0.237 e. The lowest BCUT2D eigenvalue weighted by atomic mass is 9.92. The number of methoxy groups -OCH3 is 1. The van der Waals surface area contributed by atoms with Crippen LogP contribution in [0.2, 0.25) is 0 Å². The lowest BCUT2D eigenvalue weighted by Gasteiger charge is -2.24. The van der Waals surface area contributed by atoms with E-state index in [0.29, 0.717) is 36.4 Å². The molecular formula is C19H33N3O2. The molecule has 1 amide bonds. The summed E-state index contributed by atoms with van der Waals surface area (Å²) >= 11 is 0. The molecule has 6 atom stereocenters. The molecule has 2 rings (SSSR count). The standard InChI is InChI=1S/C19H33N3O2/c1-13-8-17(10-16(13)9-14(2)24-4)15(3)21-12-19(23)22-7-5-6-18(22)11-20/h13-18,21H,5-10,12H2,1-4H3/t13?,14?,15?,16?,17?,18-/m0/s1. The van der Waals surface area contributed by atoms with Gasteiger partial charge in [-0.15, -0.1) is 0 Å². The fourth-order valence-corrected chi connectivity index (χ4v) is 4.36. The van der Waals surface area contributed by atoms with Gasteiger partial charge in [0.1, 0.15) is 6.04 Å². The van der Waals surface area contributed by atoms with E-state index in [1.807, 2.05) is 0 Å². The van der Waals surface area contributed by atoms with E-state index in [1.165, 1.54) is 12.8 Å². The fraction of sp³-hybridized carbons (Fsp3) is 0.895. The number of hydrogen-bond acceptors (Lipinski definition) is 4. The molecule has 0 aromatic heterocycles. The van der Waals surface area contributed by atoms with Crippen molar-refractivity contribution in [1.82, 2.24) is 10.2 Å². The minimum atomic E-state index is -0.221. The molecule has 1 N–H and O–H groups in total. The van der Waals surface area contributed by atoms with Gasteiger partial charge in [0.05, 0.1) is 18.7 Å². The van der Waals surface area contributed by atoms with Gasteiger partial charge in [-0.25, -0.2) is 0 Å². The Balaban J connectivity index is 1.77. The number of carbonyl (C=O) groups excluding carboxylic acids is 1. The van der Waals surface area contributed by atoms with E-state index in [4.69, 9.17) is 10.00 Å². The summed E-state index contributed by atoms with van der Waals surface area (Å²) in [5.41, 5.74) is 0. The Hall–Kier alpha value is -1.12. The van der Waals surface area contributed by atoms with Gasteiger partial charge in [0.2, 0.25) is 5.91 Å². The maximum atomic E-state index is 12.3. The van der Waals surface area contributed by atoms with Crippen molar-refractivity contribution in [2.45, 2.75) is 71.1 Å². The van der Waals surface area contributed by atoms with Crippen LogP contribution in [0, 0.1) is 29.1 Å². The number of likely N-dealkylation sites (tertiary alicyclic amines) is 1. The summed E-state index contributed by atoms with van der Waals surface area (Å²) in [5.74, 6) is 2.12. The molecule has 24 heavy (non-hydrogen) atoms. The van der Waals surface area contributed by atoms with E-state index in [2.05, 4.69) is 32.2 Å². The first kappa shape index (κ1) is 19.2. The summed E-state index contributed by atoms with van der Waals surface area (Å²) in [6.07, 6.45) is 5.63. The molecule has 2 fully saturated rings. The van der Waals surface area contributed by atoms with Gasteiger partial charge >= 0.3 is 0 Å². The molecule has 0 aromatic rings. The topological polar surface area (TPSA) is 65.4 Å². The van der Waals surface area contributed by atoms with Gasteiger partial charge < -0.3 is 15.0 Å². The van der Waals surface area contributed by atoms with Crippen molar-refractivity contribution in [3.05, 3.63) is 0 Å². The van der Waals surface area contributed by atoms with Crippen LogP contribution in [0.1, 0.15) is 52.9 Å². The maximum absolute atomic E-state index is 12.3. The highest BCUT2D eigenvalue weighted by Gasteiger charge is 2.35. The molecule has 1 saturated heterocycles. The molecule has 136 valence electrons. The molecule has 1 heterocycles. The van der Waals surface area contributed by atoms with Gasteiger partial charge in [-0.2, -0.15) is 5.26 Å². The Labute approximate surface area is 146 Å². The quantitative estimate of drug-likeness (QED) is 0.776. The Morgan fingerprint density at radius 3 is 2.83 bits per heavy atom. The van der Waals surface area contributed by atoms with Gasteiger partial charge in [-0.3, -0.25) is 4.79 Å². The summed E-state index contributed by atoms with van der Waals surface area (Å²) in [4.78, 5) is 14.1. The summed E-state index contributed by atoms with van der Waals surface area (Å²) in [6, 6.07) is 2.35. The Bertz CT molecular complexity index is 462. The molecule has 1 aliphatic heterocycles. The third kappa shape index (κ3) is 4.70. The Morgan fingerprint density at radius 2 is 2.17 bits per heavy atom. The largest absolute Gasteiger partial charge is 0.382 e. The highest BCUT2D eigenvalue weighted by molar-refractivity contribution is 5.79. The van der Waals surface area contributed by atoms with Crippen LogP contribution in [-0.2, 0) is 9.53 Å². The van der Waals surface area contributed by atoms with Gasteiger partial charge in [0.15, 0.2) is 0 Å². The van der Waals surface area contributed by atoms with Gasteiger partial charge in [-0.05, 0) is 63.7 Å². The SMILES string of the molecule is COC(C)CC1CC(C(C)NCC(=O)N2CCC[C@H]2C#N)CC1C. The second-order valence-electron chi connectivity index (χ2n) is 7.79. The number of carbonyl (C=O) groups is 1. The van der Waals surface area contributed by atoms with Crippen molar-refractivity contribution in [3.63, 3.8) is 0 Å². The van der Waals surface area contributed by atoms with Crippen molar-refractivity contribution in [1.29, 1.82) is 5.26 Å². The van der Waals surface area contributed by atoms with Crippen LogP contribution in [0.3, 0.4) is 0 Å². The van der Waals surface area contributed by atoms with Crippen LogP contribution in [0.4, 0.5) is 0 Å². The van der Waals surface area contributed by atoms with E-state index in [1.54, 1.807) is 12.0 Å². The normalized spacial score (nSPS) is 32.5. The van der Waals surface area contributed by atoms with E-state index in [-0.39, 0.29) is 11.9 Å². The number of amides is 1. The zero-order valence-electron chi connectivity index (χ0n) is 15.6. The monoisotopic (exact) mass is 335 g/mol. The zero-order chi connectivity index (χ0) is 17.7. The molecule has 5 nitrogen and oxygen atoms in total. The highest BCUT2D eigenvalue weighted by atomic mass is 16.5. The third-order valence-electron chi connectivity index (χ3n) is 6.13. The molecule has 1 saturated carbocycles. The van der Waals surface area contributed by atoms with E-state index in [0.717, 1.165) is 25.8 Å². The van der Waals surface area contributed by atoms with Gasteiger partial charge in [-0.1, -0.05) is 6.92 Å². The van der Waals surface area contributed by atoms with Crippen molar-refractivity contribution in [2.24, 2.45) is 17.8 Å². The van der Waals surface area contributed by atoms with E-state index < -0.39 is 0 Å². The maximum Gasteiger partial charge on any atom is 0.237 e. The first-order chi connectivity index (χ1) is 11.5. The average Bonchev–Trinajstić information content (AvgIpc) is 3.19. The van der Waals surface area contributed by atoms with Crippen LogP contribution in [0.5, 0.6) is 0 Å². The van der Waals surface area contributed by atoms with E-state index >= 15 is 0 Å². The lowest BCUT2D eigenvalue weighted by Crippen LogP contribution is -2.44. The summed E-state index contributed by atoms with van der Waals surface area (Å²) < 4.78 is 5.42. The molecule has 0 aromatic carbocycles. The molecular weight excluding hydrogens is 302 g/mol. The highest BCUT2D eigenvalue weighted by Crippen LogP contribution is 2.40. The molecule has 0 bridgehead atoms. The lowest BCUT2D eigenvalue weighted by molar-refractivity contribution is -0.130. The van der Waals surface area contributed by atoms with Crippen LogP contribution in [0.15, 0.2) is 0 Å². The number of nitrogens with one attached hydrogen (secondary N) is 1.